The van der Waals surface area contributed by atoms with E-state index in [9.17, 15) is 17.9 Å². The minimum Gasteiger partial charge on any atom is -0.506 e. The van der Waals surface area contributed by atoms with Gasteiger partial charge in [-0.3, -0.25) is 15.1 Å². The molecule has 0 saturated heterocycles. The summed E-state index contributed by atoms with van der Waals surface area (Å²) in [5.41, 5.74) is 6.25. The smallest absolute Gasteiger partial charge is 0.209 e. The summed E-state index contributed by atoms with van der Waals surface area (Å²) in [6.07, 6.45) is 5.75. The van der Waals surface area contributed by atoms with Crippen molar-refractivity contribution >= 4 is 31.8 Å². The largest absolute Gasteiger partial charge is 0.506 e. The fourth-order valence-electron chi connectivity index (χ4n) is 4.50. The Kier molecular flexibility index (Phi) is 5.66. The molecule has 2 aromatic carbocycles. The van der Waals surface area contributed by atoms with E-state index in [1.54, 1.807) is 24.5 Å². The molecule has 0 aliphatic carbocycles. The number of sulfonamides is 1. The summed E-state index contributed by atoms with van der Waals surface area (Å²) in [5, 5.41) is 19.0. The zero-order valence-corrected chi connectivity index (χ0v) is 20.8. The molecule has 0 aliphatic rings. The topological polar surface area (TPSA) is 137 Å². The van der Waals surface area contributed by atoms with Crippen molar-refractivity contribution in [1.82, 2.24) is 29.9 Å². The Morgan fingerprint density at radius 2 is 1.76 bits per heavy atom. The lowest BCUT2D eigenvalue weighted by molar-refractivity contribution is 0.473. The van der Waals surface area contributed by atoms with Gasteiger partial charge in [0.05, 0.1) is 29.4 Å². The van der Waals surface area contributed by atoms with Gasteiger partial charge in [-0.1, -0.05) is 6.07 Å². The molecule has 9 nitrogen and oxygen atoms in total. The van der Waals surface area contributed by atoms with Gasteiger partial charge in [-0.05, 0) is 59.7 Å². The molecule has 4 N–H and O–H groups in total. The summed E-state index contributed by atoms with van der Waals surface area (Å²) in [6, 6.07) is 15.6. The van der Waals surface area contributed by atoms with Crippen molar-refractivity contribution in [2.45, 2.75) is 6.54 Å². The highest BCUT2D eigenvalue weighted by Gasteiger charge is 2.16. The highest BCUT2D eigenvalue weighted by Crippen LogP contribution is 2.35. The van der Waals surface area contributed by atoms with E-state index in [2.05, 4.69) is 29.9 Å². The average Bonchev–Trinajstić information content (AvgIpc) is 3.50. The van der Waals surface area contributed by atoms with E-state index in [-0.39, 0.29) is 12.3 Å². The first-order valence-corrected chi connectivity index (χ1v) is 13.5. The van der Waals surface area contributed by atoms with Crippen molar-refractivity contribution in [2.75, 3.05) is 6.26 Å². The van der Waals surface area contributed by atoms with E-state index in [1.807, 2.05) is 30.3 Å². The quantitative estimate of drug-likeness (QED) is 0.247. The lowest BCUT2D eigenvalue weighted by atomic mass is 10.0. The number of rotatable bonds is 6. The van der Waals surface area contributed by atoms with Crippen molar-refractivity contribution in [2.24, 2.45) is 0 Å². The van der Waals surface area contributed by atoms with Gasteiger partial charge in [0.2, 0.25) is 10.0 Å². The lowest BCUT2D eigenvalue weighted by Crippen LogP contribution is -2.21. The van der Waals surface area contributed by atoms with Crippen LogP contribution in [0.25, 0.3) is 55.6 Å². The molecule has 4 heterocycles. The highest BCUT2D eigenvalue weighted by molar-refractivity contribution is 7.88. The standard InChI is InChI=1S/C27H21FN6O3S/c1-38(36,37)31-12-15-6-17(8-19(28)7-15)26-22-11-25(32-23(22)4-5-30-26)27-21-10-16(2-3-24(21)33-34-27)18-9-20(35)14-29-13-18/h2-11,13-14,31-32,35H,12H2,1H3,(H,33,34). The Morgan fingerprint density at radius 3 is 2.58 bits per heavy atom. The van der Waals surface area contributed by atoms with E-state index >= 15 is 0 Å². The van der Waals surface area contributed by atoms with Crippen LogP contribution >= 0.6 is 0 Å². The van der Waals surface area contributed by atoms with E-state index in [4.69, 9.17) is 0 Å². The minimum absolute atomic E-state index is 0.0335. The molecule has 0 bridgehead atoms. The molecule has 38 heavy (non-hydrogen) atoms. The molecule has 6 aromatic rings. The Hall–Kier alpha value is -4.61. The Bertz CT molecular complexity index is 1950. The number of halogens is 1. The van der Waals surface area contributed by atoms with Crippen LogP contribution < -0.4 is 4.72 Å². The predicted molar refractivity (Wildman–Crippen MR) is 143 cm³/mol. The van der Waals surface area contributed by atoms with Crippen LogP contribution in [0.5, 0.6) is 5.75 Å². The zero-order valence-electron chi connectivity index (χ0n) is 20.0. The van der Waals surface area contributed by atoms with E-state index in [1.165, 1.54) is 18.3 Å². The number of nitrogens with one attached hydrogen (secondary N) is 3. The third-order valence-electron chi connectivity index (χ3n) is 6.19. The molecular formula is C27H21FN6O3S. The minimum atomic E-state index is -3.43. The van der Waals surface area contributed by atoms with Crippen molar-refractivity contribution < 1.29 is 17.9 Å². The number of fused-ring (bicyclic) bond motifs is 2. The second-order valence-corrected chi connectivity index (χ2v) is 10.8. The lowest BCUT2D eigenvalue weighted by Gasteiger charge is -2.08. The normalized spacial score (nSPS) is 11.9. The second kappa shape index (κ2) is 9.05. The van der Waals surface area contributed by atoms with Crippen LogP contribution in [-0.4, -0.2) is 44.9 Å². The first kappa shape index (κ1) is 23.8. The van der Waals surface area contributed by atoms with Gasteiger partial charge in [0.25, 0.3) is 0 Å². The summed E-state index contributed by atoms with van der Waals surface area (Å²) in [7, 11) is -3.43. The van der Waals surface area contributed by atoms with Crippen molar-refractivity contribution in [1.29, 1.82) is 0 Å². The van der Waals surface area contributed by atoms with Gasteiger partial charge < -0.3 is 10.1 Å². The van der Waals surface area contributed by atoms with Crippen LogP contribution in [0.3, 0.4) is 0 Å². The Labute approximate surface area is 216 Å². The molecule has 0 aliphatic heterocycles. The fraction of sp³-hybridized carbons (Fsp3) is 0.0741. The molecule has 190 valence electrons. The maximum Gasteiger partial charge on any atom is 0.209 e. The number of aromatic hydroxyl groups is 1. The summed E-state index contributed by atoms with van der Waals surface area (Å²) < 4.78 is 39.9. The van der Waals surface area contributed by atoms with Crippen molar-refractivity contribution in [3.05, 3.63) is 84.6 Å². The first-order valence-electron chi connectivity index (χ1n) is 11.6. The number of hydrogen-bond acceptors (Lipinski definition) is 6. The number of pyridine rings is 2. The van der Waals surface area contributed by atoms with Gasteiger partial charge in [0.15, 0.2) is 0 Å². The van der Waals surface area contributed by atoms with Gasteiger partial charge in [-0.15, -0.1) is 0 Å². The molecule has 0 atom stereocenters. The van der Waals surface area contributed by atoms with Crippen LogP contribution in [0.4, 0.5) is 4.39 Å². The van der Waals surface area contributed by atoms with E-state index in [0.717, 1.165) is 44.9 Å². The van der Waals surface area contributed by atoms with Gasteiger partial charge in [-0.25, -0.2) is 17.5 Å². The first-order chi connectivity index (χ1) is 18.2. The second-order valence-electron chi connectivity index (χ2n) is 9.01. The summed E-state index contributed by atoms with van der Waals surface area (Å²) >= 11 is 0. The average molecular weight is 529 g/mol. The molecule has 6 rings (SSSR count). The van der Waals surface area contributed by atoms with E-state index < -0.39 is 15.8 Å². The summed E-state index contributed by atoms with van der Waals surface area (Å²) in [6.45, 7) is -0.0335. The fourth-order valence-corrected chi connectivity index (χ4v) is 4.93. The predicted octanol–water partition coefficient (Wildman–Crippen LogP) is 4.73. The third kappa shape index (κ3) is 4.60. The molecule has 0 unspecified atom stereocenters. The maximum absolute atomic E-state index is 14.5. The maximum atomic E-state index is 14.5. The molecule has 4 aromatic heterocycles. The molecule has 0 saturated carbocycles. The molecule has 0 spiro atoms. The molecule has 0 radical (unpaired) electrons. The number of H-pyrrole nitrogens is 2. The summed E-state index contributed by atoms with van der Waals surface area (Å²) in [5.74, 6) is -0.409. The summed E-state index contributed by atoms with van der Waals surface area (Å²) in [4.78, 5) is 12.0. The molecule has 11 heteroatoms. The van der Waals surface area contributed by atoms with Gasteiger partial charge in [0, 0.05) is 46.4 Å². The van der Waals surface area contributed by atoms with Crippen LogP contribution in [0.1, 0.15) is 5.56 Å². The Balaban J connectivity index is 1.43. The van der Waals surface area contributed by atoms with Gasteiger partial charge in [0.1, 0.15) is 17.3 Å². The van der Waals surface area contributed by atoms with E-state index in [0.29, 0.717) is 22.5 Å². The molecular weight excluding hydrogens is 507 g/mol. The Morgan fingerprint density at radius 1 is 0.921 bits per heavy atom. The van der Waals surface area contributed by atoms with Crippen LogP contribution in [-0.2, 0) is 16.6 Å². The van der Waals surface area contributed by atoms with Crippen LogP contribution in [0.15, 0.2) is 73.2 Å². The van der Waals surface area contributed by atoms with Crippen LogP contribution in [0.2, 0.25) is 0 Å². The van der Waals surface area contributed by atoms with Crippen LogP contribution in [0, 0.1) is 5.82 Å². The monoisotopic (exact) mass is 528 g/mol. The molecule has 0 amide bonds. The molecule has 0 fully saturated rings. The third-order valence-corrected chi connectivity index (χ3v) is 6.86. The number of aromatic nitrogens is 5. The SMILES string of the molecule is CS(=O)(=O)NCc1cc(F)cc(-c2nccc3[nH]c(-c4n[nH]c5ccc(-c6cncc(O)c6)cc45)cc23)c1. The van der Waals surface area contributed by atoms with Crippen molar-refractivity contribution in [3.63, 3.8) is 0 Å². The number of aromatic amines is 2. The number of nitrogens with zero attached hydrogens (tertiary/aromatic N) is 3. The number of hydrogen-bond donors (Lipinski definition) is 4. The number of benzene rings is 2. The van der Waals surface area contributed by atoms with Gasteiger partial charge >= 0.3 is 0 Å². The van der Waals surface area contributed by atoms with Gasteiger partial charge in [-0.2, -0.15) is 5.10 Å². The van der Waals surface area contributed by atoms with Crippen molar-refractivity contribution in [3.8, 4) is 39.5 Å². The zero-order chi connectivity index (χ0) is 26.4. The highest BCUT2D eigenvalue weighted by atomic mass is 32.2.